The van der Waals surface area contributed by atoms with Crippen LogP contribution >= 0.6 is 0 Å². The summed E-state index contributed by atoms with van der Waals surface area (Å²) in [5.74, 6) is 0.467. The van der Waals surface area contributed by atoms with Crippen LogP contribution in [0.4, 0.5) is 0 Å². The Morgan fingerprint density at radius 2 is 1.33 bits per heavy atom. The van der Waals surface area contributed by atoms with E-state index in [0.29, 0.717) is 17.5 Å². The topological polar surface area (TPSA) is 49.3 Å². The van der Waals surface area contributed by atoms with Crippen LogP contribution in [-0.4, -0.2) is 11.1 Å². The van der Waals surface area contributed by atoms with Crippen molar-refractivity contribution in [1.29, 1.82) is 0 Å². The number of benzene rings is 3. The largest absolute Gasteiger partial charge is 0.478 e. The SMILES string of the molecule is Cc1ccc(C)c2cc(C3NC(c4ccc(C(=O)O)cc4)CC3C3CCCCCCCCC3)ccc12. The molecule has 3 nitrogen and oxygen atoms in total. The monoisotopic (exact) mass is 483 g/mol. The number of nitrogens with one attached hydrogen (secondary N) is 1. The molecular formula is C33H41NO2. The number of carbonyl (C=O) groups is 1. The molecule has 0 aromatic heterocycles. The normalized spacial score (nSPS) is 24.1. The zero-order valence-electron chi connectivity index (χ0n) is 21.9. The van der Waals surface area contributed by atoms with Gasteiger partial charge in [0.15, 0.2) is 0 Å². The molecule has 3 aromatic carbocycles. The van der Waals surface area contributed by atoms with Crippen molar-refractivity contribution in [2.24, 2.45) is 11.8 Å². The van der Waals surface area contributed by atoms with Crippen LogP contribution in [0.1, 0.15) is 109 Å². The fraction of sp³-hybridized carbons (Fsp3) is 0.485. The van der Waals surface area contributed by atoms with E-state index in [1.54, 1.807) is 12.1 Å². The molecule has 2 fully saturated rings. The van der Waals surface area contributed by atoms with Crippen LogP contribution in [0.3, 0.4) is 0 Å². The lowest BCUT2D eigenvalue weighted by Gasteiger charge is -2.30. The minimum atomic E-state index is -0.861. The first-order chi connectivity index (χ1) is 17.5. The van der Waals surface area contributed by atoms with Crippen LogP contribution in [0.15, 0.2) is 54.6 Å². The van der Waals surface area contributed by atoms with Gasteiger partial charge in [0.25, 0.3) is 0 Å². The molecular weight excluding hydrogens is 442 g/mol. The summed E-state index contributed by atoms with van der Waals surface area (Å²) in [5, 5.41) is 16.1. The first-order valence-corrected chi connectivity index (χ1v) is 14.1. The van der Waals surface area contributed by atoms with E-state index in [2.05, 4.69) is 49.5 Å². The summed E-state index contributed by atoms with van der Waals surface area (Å²) in [6.45, 7) is 4.42. The molecule has 3 atom stereocenters. The average molecular weight is 484 g/mol. The van der Waals surface area contributed by atoms with E-state index in [1.165, 1.54) is 90.8 Å². The molecule has 3 heteroatoms. The predicted molar refractivity (Wildman–Crippen MR) is 149 cm³/mol. The van der Waals surface area contributed by atoms with E-state index >= 15 is 0 Å². The Hall–Kier alpha value is -2.65. The summed E-state index contributed by atoms with van der Waals surface area (Å²) in [6, 6.07) is 19.7. The zero-order chi connectivity index (χ0) is 25.1. The van der Waals surface area contributed by atoms with Crippen LogP contribution in [0.5, 0.6) is 0 Å². The van der Waals surface area contributed by atoms with E-state index in [0.717, 1.165) is 12.3 Å². The fourth-order valence-electron chi connectivity index (χ4n) is 6.84. The number of carboxylic acid groups (broad SMARTS) is 1. The van der Waals surface area contributed by atoms with Crippen molar-refractivity contribution in [2.45, 2.75) is 90.1 Å². The zero-order valence-corrected chi connectivity index (χ0v) is 21.9. The average Bonchev–Trinajstić information content (AvgIpc) is 3.34. The Bertz CT molecular complexity index is 1190. The van der Waals surface area contributed by atoms with Gasteiger partial charge in [-0.1, -0.05) is 94.2 Å². The predicted octanol–water partition coefficient (Wildman–Crippen LogP) is 8.69. The van der Waals surface area contributed by atoms with Crippen molar-refractivity contribution in [3.63, 3.8) is 0 Å². The highest BCUT2D eigenvalue weighted by atomic mass is 16.4. The van der Waals surface area contributed by atoms with Crippen LogP contribution in [0.25, 0.3) is 10.8 Å². The van der Waals surface area contributed by atoms with Gasteiger partial charge in [0, 0.05) is 12.1 Å². The second-order valence-electron chi connectivity index (χ2n) is 11.3. The minimum absolute atomic E-state index is 0.257. The first kappa shape index (κ1) is 25.0. The standard InChI is InChI=1S/C33H41NO2/c1-22-12-13-23(2)29-20-27(18-19-28(22)29)32-30(24-10-8-6-4-3-5-7-9-11-24)21-31(34-32)25-14-16-26(17-15-25)33(35)36/h12-20,24,30-32,34H,3-11,21H2,1-2H3,(H,35,36). The van der Waals surface area contributed by atoms with Crippen molar-refractivity contribution in [2.75, 3.05) is 0 Å². The number of aromatic carboxylic acids is 1. The van der Waals surface area contributed by atoms with Crippen molar-refractivity contribution in [1.82, 2.24) is 5.32 Å². The second-order valence-corrected chi connectivity index (χ2v) is 11.3. The number of fused-ring (bicyclic) bond motifs is 1. The van der Waals surface area contributed by atoms with E-state index in [4.69, 9.17) is 0 Å². The maximum Gasteiger partial charge on any atom is 0.335 e. The molecule has 1 saturated heterocycles. The van der Waals surface area contributed by atoms with E-state index in [-0.39, 0.29) is 6.04 Å². The van der Waals surface area contributed by atoms with Crippen LogP contribution in [0.2, 0.25) is 0 Å². The van der Waals surface area contributed by atoms with Crippen molar-refractivity contribution < 1.29 is 9.90 Å². The van der Waals surface area contributed by atoms with Crippen molar-refractivity contribution in [3.8, 4) is 0 Å². The lowest BCUT2D eigenvalue weighted by molar-refractivity contribution is 0.0697. The number of hydrogen-bond donors (Lipinski definition) is 2. The lowest BCUT2D eigenvalue weighted by atomic mass is 9.76. The molecule has 36 heavy (non-hydrogen) atoms. The molecule has 0 radical (unpaired) electrons. The van der Waals surface area contributed by atoms with Gasteiger partial charge in [0.1, 0.15) is 0 Å². The van der Waals surface area contributed by atoms with Crippen LogP contribution in [-0.2, 0) is 0 Å². The molecule has 0 amide bonds. The number of aryl methyl sites for hydroxylation is 2. The van der Waals surface area contributed by atoms with E-state index < -0.39 is 5.97 Å². The van der Waals surface area contributed by atoms with Gasteiger partial charge in [-0.25, -0.2) is 4.79 Å². The third-order valence-electron chi connectivity index (χ3n) is 8.97. The Morgan fingerprint density at radius 1 is 0.750 bits per heavy atom. The van der Waals surface area contributed by atoms with E-state index in [9.17, 15) is 9.90 Å². The van der Waals surface area contributed by atoms with Crippen molar-refractivity contribution >= 4 is 16.7 Å². The molecule has 1 heterocycles. The highest BCUT2D eigenvalue weighted by Gasteiger charge is 2.39. The highest BCUT2D eigenvalue weighted by molar-refractivity contribution is 5.89. The molecule has 1 aliphatic heterocycles. The van der Waals surface area contributed by atoms with E-state index in [1.807, 2.05) is 12.1 Å². The van der Waals surface area contributed by atoms with Crippen molar-refractivity contribution in [3.05, 3.63) is 82.4 Å². The molecule has 1 aliphatic carbocycles. The van der Waals surface area contributed by atoms with Gasteiger partial charge in [0.2, 0.25) is 0 Å². The quantitative estimate of drug-likeness (QED) is 0.390. The van der Waals surface area contributed by atoms with Crippen LogP contribution < -0.4 is 5.32 Å². The summed E-state index contributed by atoms with van der Waals surface area (Å²) in [6.07, 6.45) is 13.4. The molecule has 2 N–H and O–H groups in total. The third-order valence-corrected chi connectivity index (χ3v) is 8.97. The molecule has 2 aliphatic rings. The maximum atomic E-state index is 11.4. The summed E-state index contributed by atoms with van der Waals surface area (Å²) in [4.78, 5) is 11.4. The first-order valence-electron chi connectivity index (χ1n) is 14.1. The Labute approximate surface area is 216 Å². The summed E-state index contributed by atoms with van der Waals surface area (Å²) >= 11 is 0. The smallest absolute Gasteiger partial charge is 0.335 e. The Morgan fingerprint density at radius 3 is 1.97 bits per heavy atom. The molecule has 1 saturated carbocycles. The molecule has 5 rings (SSSR count). The highest BCUT2D eigenvalue weighted by Crippen LogP contribution is 2.47. The number of hydrogen-bond acceptors (Lipinski definition) is 2. The van der Waals surface area contributed by atoms with Crippen LogP contribution in [0, 0.1) is 25.7 Å². The molecule has 0 bridgehead atoms. The van der Waals surface area contributed by atoms with Gasteiger partial charge in [-0.05, 0) is 83.3 Å². The fourth-order valence-corrected chi connectivity index (χ4v) is 6.84. The lowest BCUT2D eigenvalue weighted by Crippen LogP contribution is -2.24. The summed E-state index contributed by atoms with van der Waals surface area (Å²) in [5.41, 5.74) is 5.65. The maximum absolute atomic E-state index is 11.4. The summed E-state index contributed by atoms with van der Waals surface area (Å²) < 4.78 is 0. The third kappa shape index (κ3) is 5.37. The van der Waals surface area contributed by atoms with Gasteiger partial charge in [0.05, 0.1) is 5.56 Å². The molecule has 3 aromatic rings. The molecule has 3 unspecified atom stereocenters. The van der Waals surface area contributed by atoms with Gasteiger partial charge >= 0.3 is 5.97 Å². The Balaban J connectivity index is 1.48. The van der Waals surface area contributed by atoms with Gasteiger partial charge < -0.3 is 10.4 Å². The number of rotatable bonds is 4. The van der Waals surface area contributed by atoms with Gasteiger partial charge in [-0.3, -0.25) is 0 Å². The minimum Gasteiger partial charge on any atom is -0.478 e. The second kappa shape index (κ2) is 11.2. The summed E-state index contributed by atoms with van der Waals surface area (Å²) in [7, 11) is 0. The number of carboxylic acids is 1. The molecule has 190 valence electrons. The Kier molecular flexibility index (Phi) is 7.76. The molecule has 0 spiro atoms. The van der Waals surface area contributed by atoms with Gasteiger partial charge in [-0.2, -0.15) is 0 Å². The van der Waals surface area contributed by atoms with Gasteiger partial charge in [-0.15, -0.1) is 0 Å².